The van der Waals surface area contributed by atoms with Gasteiger partial charge in [-0.25, -0.2) is 4.98 Å². The zero-order chi connectivity index (χ0) is 15.9. The summed E-state index contributed by atoms with van der Waals surface area (Å²) in [5, 5.41) is 0. The minimum atomic E-state index is 0.479. The first kappa shape index (κ1) is 15.2. The first-order chi connectivity index (χ1) is 11.3. The summed E-state index contributed by atoms with van der Waals surface area (Å²) in [6.45, 7) is 2.10. The van der Waals surface area contributed by atoms with E-state index in [-0.39, 0.29) is 0 Å². The Hall–Kier alpha value is -2.66. The number of H-pyrrole nitrogens is 1. The molecule has 23 heavy (non-hydrogen) atoms. The third kappa shape index (κ3) is 4.66. The molecule has 0 unspecified atom stereocenters. The molecule has 0 spiro atoms. The number of nitrogens with zero attached hydrogens (tertiary/aromatic N) is 3. The van der Waals surface area contributed by atoms with Crippen molar-refractivity contribution in [2.45, 2.75) is 19.7 Å². The van der Waals surface area contributed by atoms with Crippen molar-refractivity contribution in [1.82, 2.24) is 19.9 Å². The van der Waals surface area contributed by atoms with Crippen molar-refractivity contribution in [3.05, 3.63) is 78.1 Å². The normalized spacial score (nSPS) is 10.9. The number of imidazole rings is 1. The van der Waals surface area contributed by atoms with Gasteiger partial charge in [-0.15, -0.1) is 0 Å². The highest BCUT2D eigenvalue weighted by Gasteiger charge is 2.05. The van der Waals surface area contributed by atoms with Gasteiger partial charge >= 0.3 is 0 Å². The summed E-state index contributed by atoms with van der Waals surface area (Å²) in [5.74, 6) is 1.83. The fourth-order valence-corrected chi connectivity index (χ4v) is 2.38. The van der Waals surface area contributed by atoms with Crippen LogP contribution in [0.3, 0.4) is 0 Å². The Bertz CT molecular complexity index is 713. The molecule has 0 radical (unpaired) electrons. The molecule has 5 heteroatoms. The summed E-state index contributed by atoms with van der Waals surface area (Å²) in [4.78, 5) is 13.8. The van der Waals surface area contributed by atoms with Crippen LogP contribution < -0.4 is 4.74 Å². The maximum absolute atomic E-state index is 5.82. The average Bonchev–Trinajstić information content (AvgIpc) is 3.07. The van der Waals surface area contributed by atoms with E-state index in [1.165, 1.54) is 5.56 Å². The molecule has 0 aliphatic carbocycles. The molecular weight excluding hydrogens is 288 g/mol. The van der Waals surface area contributed by atoms with Crippen LogP contribution in [0.4, 0.5) is 0 Å². The smallest absolute Gasteiger partial charge is 0.130 e. The van der Waals surface area contributed by atoms with Crippen molar-refractivity contribution in [3.63, 3.8) is 0 Å². The number of nitrogens with one attached hydrogen (secondary N) is 1. The van der Waals surface area contributed by atoms with Crippen LogP contribution >= 0.6 is 0 Å². The summed E-state index contributed by atoms with van der Waals surface area (Å²) in [6, 6.07) is 14.0. The summed E-state index contributed by atoms with van der Waals surface area (Å²) < 4.78 is 5.82. The van der Waals surface area contributed by atoms with Gasteiger partial charge in [0.1, 0.15) is 18.2 Å². The largest absolute Gasteiger partial charge is 0.487 e. The molecule has 0 bridgehead atoms. The summed E-state index contributed by atoms with van der Waals surface area (Å²) in [6.07, 6.45) is 5.39. The van der Waals surface area contributed by atoms with Gasteiger partial charge < -0.3 is 9.72 Å². The first-order valence-electron chi connectivity index (χ1n) is 7.58. The fourth-order valence-electron chi connectivity index (χ4n) is 2.38. The lowest BCUT2D eigenvalue weighted by molar-refractivity contribution is 0.296. The van der Waals surface area contributed by atoms with Crippen LogP contribution in [0.2, 0.25) is 0 Å². The number of ether oxygens (including phenoxy) is 1. The lowest BCUT2D eigenvalue weighted by Crippen LogP contribution is -2.18. The number of rotatable bonds is 7. The predicted octanol–water partition coefficient (Wildman–Crippen LogP) is 3.02. The molecule has 0 saturated carbocycles. The quantitative estimate of drug-likeness (QED) is 0.729. The minimum absolute atomic E-state index is 0.479. The molecule has 0 saturated heterocycles. The van der Waals surface area contributed by atoms with Gasteiger partial charge in [0.25, 0.3) is 0 Å². The van der Waals surface area contributed by atoms with Gasteiger partial charge in [-0.2, -0.15) is 0 Å². The van der Waals surface area contributed by atoms with E-state index in [0.29, 0.717) is 6.61 Å². The zero-order valence-corrected chi connectivity index (χ0v) is 13.1. The van der Waals surface area contributed by atoms with Crippen LogP contribution in [0.5, 0.6) is 5.75 Å². The molecule has 0 aliphatic heterocycles. The molecule has 2 heterocycles. The second-order valence-electron chi connectivity index (χ2n) is 5.47. The van der Waals surface area contributed by atoms with Gasteiger partial charge in [0.05, 0.1) is 12.2 Å². The molecule has 0 aliphatic rings. The van der Waals surface area contributed by atoms with Gasteiger partial charge in [-0.3, -0.25) is 9.88 Å². The first-order valence-corrected chi connectivity index (χ1v) is 7.58. The van der Waals surface area contributed by atoms with E-state index in [1.54, 1.807) is 12.4 Å². The Kier molecular flexibility index (Phi) is 5.01. The van der Waals surface area contributed by atoms with Crippen LogP contribution in [0.1, 0.15) is 17.1 Å². The predicted molar refractivity (Wildman–Crippen MR) is 88.8 cm³/mol. The third-order valence-corrected chi connectivity index (χ3v) is 3.44. The number of aromatic amines is 1. The highest BCUT2D eigenvalue weighted by molar-refractivity contribution is 5.28. The Morgan fingerprint density at radius 3 is 2.78 bits per heavy atom. The standard InChI is InChI=1S/C18H20N4O/c1-22(13-18-20-9-10-21-18)12-15-5-4-7-17(11-15)23-14-16-6-2-3-8-19-16/h2-11H,12-14H2,1H3,(H,20,21). The van der Waals surface area contributed by atoms with Crippen molar-refractivity contribution >= 4 is 0 Å². The zero-order valence-electron chi connectivity index (χ0n) is 13.1. The number of benzene rings is 1. The molecule has 0 atom stereocenters. The van der Waals surface area contributed by atoms with Crippen molar-refractivity contribution in [2.24, 2.45) is 0 Å². The maximum atomic E-state index is 5.82. The maximum Gasteiger partial charge on any atom is 0.130 e. The van der Waals surface area contributed by atoms with Crippen molar-refractivity contribution in [2.75, 3.05) is 7.05 Å². The van der Waals surface area contributed by atoms with Crippen molar-refractivity contribution in [1.29, 1.82) is 0 Å². The lowest BCUT2D eigenvalue weighted by atomic mass is 10.2. The molecule has 3 aromatic rings. The van der Waals surface area contributed by atoms with Crippen LogP contribution in [0.15, 0.2) is 61.1 Å². The van der Waals surface area contributed by atoms with E-state index >= 15 is 0 Å². The van der Waals surface area contributed by atoms with E-state index in [9.17, 15) is 0 Å². The minimum Gasteiger partial charge on any atom is -0.487 e. The van der Waals surface area contributed by atoms with E-state index in [4.69, 9.17) is 4.74 Å². The molecule has 0 fully saturated rings. The molecule has 1 N–H and O–H groups in total. The SMILES string of the molecule is CN(Cc1cccc(OCc2ccccn2)c1)Cc1ncc[nH]1. The van der Waals surface area contributed by atoms with Gasteiger partial charge in [0.15, 0.2) is 0 Å². The Morgan fingerprint density at radius 1 is 1.04 bits per heavy atom. The Balaban J connectivity index is 1.56. The Labute approximate surface area is 136 Å². The number of pyridine rings is 1. The highest BCUT2D eigenvalue weighted by atomic mass is 16.5. The third-order valence-electron chi connectivity index (χ3n) is 3.44. The Morgan fingerprint density at radius 2 is 2.00 bits per heavy atom. The molecule has 118 valence electrons. The second-order valence-corrected chi connectivity index (χ2v) is 5.47. The van der Waals surface area contributed by atoms with Gasteiger partial charge in [0, 0.05) is 25.1 Å². The molecular formula is C18H20N4O. The summed E-state index contributed by atoms with van der Waals surface area (Å²) >= 11 is 0. The summed E-state index contributed by atoms with van der Waals surface area (Å²) in [7, 11) is 2.07. The highest BCUT2D eigenvalue weighted by Crippen LogP contribution is 2.16. The molecule has 0 amide bonds. The van der Waals surface area contributed by atoms with Crippen LogP contribution in [0.25, 0.3) is 0 Å². The molecule has 5 nitrogen and oxygen atoms in total. The van der Waals surface area contributed by atoms with E-state index < -0.39 is 0 Å². The van der Waals surface area contributed by atoms with Gasteiger partial charge in [-0.05, 0) is 36.9 Å². The fraction of sp³-hybridized carbons (Fsp3) is 0.222. The van der Waals surface area contributed by atoms with Crippen LogP contribution in [-0.2, 0) is 19.7 Å². The summed E-state index contributed by atoms with van der Waals surface area (Å²) in [5.41, 5.74) is 2.13. The van der Waals surface area contributed by atoms with Crippen LogP contribution in [0, 0.1) is 0 Å². The second kappa shape index (κ2) is 7.56. The molecule has 2 aromatic heterocycles. The monoisotopic (exact) mass is 308 g/mol. The van der Waals surface area contributed by atoms with Gasteiger partial charge in [-0.1, -0.05) is 18.2 Å². The topological polar surface area (TPSA) is 54.0 Å². The van der Waals surface area contributed by atoms with E-state index in [2.05, 4.69) is 39.0 Å². The average molecular weight is 308 g/mol. The van der Waals surface area contributed by atoms with Gasteiger partial charge in [0.2, 0.25) is 0 Å². The van der Waals surface area contributed by atoms with Crippen LogP contribution in [-0.4, -0.2) is 26.9 Å². The van der Waals surface area contributed by atoms with E-state index in [1.807, 2.05) is 36.5 Å². The van der Waals surface area contributed by atoms with Crippen molar-refractivity contribution in [3.8, 4) is 5.75 Å². The molecule has 3 rings (SSSR count). The number of hydrogen-bond acceptors (Lipinski definition) is 4. The number of aromatic nitrogens is 3. The van der Waals surface area contributed by atoms with E-state index in [0.717, 1.165) is 30.4 Å². The lowest BCUT2D eigenvalue weighted by Gasteiger charge is -2.16. The molecule has 1 aromatic carbocycles. The van der Waals surface area contributed by atoms with Crippen molar-refractivity contribution < 1.29 is 4.74 Å². The number of hydrogen-bond donors (Lipinski definition) is 1.